The number of aromatic nitrogens is 8. The Morgan fingerprint density at radius 2 is 0.885 bits per heavy atom. The first-order chi connectivity index (χ1) is 49.2. The van der Waals surface area contributed by atoms with Crippen LogP contribution in [0.4, 0.5) is 11.6 Å². The van der Waals surface area contributed by atoms with E-state index in [9.17, 15) is 0 Å². The number of hydrogen-bond acceptors (Lipinski definition) is 14. The molecule has 5 aliphatic rings. The van der Waals surface area contributed by atoms with Gasteiger partial charge in [-0.3, -0.25) is 9.97 Å². The predicted molar refractivity (Wildman–Crippen MR) is 441 cm³/mol. The molecule has 0 amide bonds. The fourth-order valence-electron chi connectivity index (χ4n) is 14.4. The summed E-state index contributed by atoms with van der Waals surface area (Å²) < 4.78 is 41.1. The van der Waals surface area contributed by atoms with Crippen LogP contribution in [0.15, 0.2) is 139 Å². The number of benzene rings is 2. The van der Waals surface area contributed by atoms with Gasteiger partial charge in [0, 0.05) is 117 Å². The third-order valence-corrected chi connectivity index (χ3v) is 28.7. The number of pyridine rings is 2. The number of fused-ring (bicyclic) bond motifs is 6. The van der Waals surface area contributed by atoms with E-state index in [1.54, 1.807) is 0 Å². The zero-order valence-corrected chi connectivity index (χ0v) is 70.5. The minimum atomic E-state index is -1.22. The summed E-state index contributed by atoms with van der Waals surface area (Å²) in [6, 6.07) is 37.2. The first-order valence-electron chi connectivity index (χ1n) is 38.3. The van der Waals surface area contributed by atoms with Crippen molar-refractivity contribution in [1.29, 1.82) is 0 Å². The van der Waals surface area contributed by atoms with Gasteiger partial charge in [0.25, 0.3) is 0 Å². The van der Waals surface area contributed by atoms with Crippen LogP contribution >= 0.6 is 11.6 Å². The van der Waals surface area contributed by atoms with Crippen LogP contribution in [0.5, 0.6) is 0 Å². The van der Waals surface area contributed by atoms with Crippen molar-refractivity contribution in [2.75, 3.05) is 63.2 Å². The molecule has 104 heavy (non-hydrogen) atoms. The quantitative estimate of drug-likeness (QED) is 0.0198. The average Bonchev–Trinajstić information content (AvgIpc) is 1.60. The summed E-state index contributed by atoms with van der Waals surface area (Å²) in [4.78, 5) is 23.8. The fourth-order valence-corrected chi connectivity index (χ4v) is 17.6. The van der Waals surface area contributed by atoms with Gasteiger partial charge in [-0.05, 0) is 149 Å². The molecule has 0 N–H and O–H groups in total. The van der Waals surface area contributed by atoms with E-state index >= 15 is 0 Å². The van der Waals surface area contributed by atoms with Gasteiger partial charge in [-0.25, -0.2) is 9.97 Å². The smallest absolute Gasteiger partial charge is 0.400 e. The Morgan fingerprint density at radius 3 is 1.28 bits per heavy atom. The monoisotopic (exact) mass is 1500 g/mol. The molecular weight excluding hydrogens is 1380 g/mol. The number of allylic oxidation sites excluding steroid dienone is 4. The van der Waals surface area contributed by atoms with E-state index < -0.39 is 32.3 Å². The first-order valence-corrected chi connectivity index (χ1v) is 53.5. The zero-order chi connectivity index (χ0) is 74.4. The Kier molecular flexibility index (Phi) is 25.6. The average molecular weight is 1500 g/mol. The van der Waals surface area contributed by atoms with Crippen LogP contribution in [0.1, 0.15) is 85.8 Å². The third-order valence-electron chi connectivity index (χ3n) is 21.7. The van der Waals surface area contributed by atoms with Crippen molar-refractivity contribution < 1.29 is 28.3 Å². The van der Waals surface area contributed by atoms with E-state index in [4.69, 9.17) is 60.0 Å². The lowest BCUT2D eigenvalue weighted by Gasteiger charge is -2.32. The number of anilines is 2. The van der Waals surface area contributed by atoms with Crippen LogP contribution in [0, 0.1) is 35.5 Å². The third kappa shape index (κ3) is 21.0. The van der Waals surface area contributed by atoms with Gasteiger partial charge in [-0.2, -0.15) is 19.2 Å². The molecule has 22 heteroatoms. The molecule has 8 aromatic rings. The van der Waals surface area contributed by atoms with Gasteiger partial charge in [-0.15, -0.1) is 0 Å². The van der Waals surface area contributed by atoms with Crippen LogP contribution in [0.3, 0.4) is 0 Å². The molecule has 1 saturated heterocycles. The maximum atomic E-state index is 6.57. The van der Waals surface area contributed by atoms with Gasteiger partial charge in [0.1, 0.15) is 43.7 Å². The molecule has 13 rings (SSSR count). The van der Waals surface area contributed by atoms with Crippen molar-refractivity contribution >= 4 is 79.5 Å². The van der Waals surface area contributed by atoms with Gasteiger partial charge in [-0.1, -0.05) is 189 Å². The highest BCUT2D eigenvalue weighted by molar-refractivity contribution is 6.77. The lowest BCUT2D eigenvalue weighted by atomic mass is 9.69. The molecular formula is C82H118BClN10O6Si4. The van der Waals surface area contributed by atoms with Crippen molar-refractivity contribution in [1.82, 2.24) is 39.2 Å². The second kappa shape index (κ2) is 33.7. The molecule has 4 aliphatic carbocycles. The second-order valence-corrected chi connectivity index (χ2v) is 58.8. The Labute approximate surface area is 630 Å². The molecule has 6 unspecified atom stereocenters. The Hall–Kier alpha value is -5.96. The van der Waals surface area contributed by atoms with Crippen LogP contribution in [0.2, 0.25) is 108 Å². The van der Waals surface area contributed by atoms with Gasteiger partial charge in [0.2, 0.25) is 0 Å². The van der Waals surface area contributed by atoms with Crippen LogP contribution in [-0.2, 0) is 28.3 Å². The maximum Gasteiger partial charge on any atom is 0.490 e. The summed E-state index contributed by atoms with van der Waals surface area (Å²) in [6.07, 6.45) is 20.1. The van der Waals surface area contributed by atoms with Crippen molar-refractivity contribution in [2.24, 2.45) is 35.5 Å². The number of ether oxygens (including phenoxy) is 4. The lowest BCUT2D eigenvalue weighted by Crippen LogP contribution is -2.41. The second-order valence-electron chi connectivity index (χ2n) is 36.0. The summed E-state index contributed by atoms with van der Waals surface area (Å²) in [5.41, 5.74) is 12.7. The highest BCUT2D eigenvalue weighted by Gasteiger charge is 2.53. The molecule has 6 atom stereocenters. The standard InChI is InChI=1S/C38H53N5O2Si2.C29H40ClN5O2Si2.C15H25BO2/c1-28-19-29-20-32(28)22-33(21-29)36-23-37(42(26-44-15-17-46(2,3)4)27-45-16-18-47(5,6)7)43-38(41-36)34(25-40-43)31-13-14-35(39-24-31)30-11-9-8-10-12-30;1-38(2,3)16-14-36-21-34(22-37-15-17-39(4,5)6)28-18-27(30)33-29-25(20-32-35(28)29)24-12-13-26(31-19-24)23-10-8-7-9-11-23;1-10-6-11-7-12(10)9-13(8-11)16-17-14(2,3)15(4,5)18-16/h8-14,21,23-25,28-29,32H,15-20,22,26-27H2,1-7H3;7-13,18-20H,14-17,21-22H2,1-6H3;8,10-12H,6-7,9H2,1-5H3. The largest absolute Gasteiger partial charge is 0.490 e. The molecule has 4 bridgehead atoms. The van der Waals surface area contributed by atoms with Gasteiger partial charge in [0.05, 0.1) is 40.7 Å². The molecule has 1 aliphatic heterocycles. The van der Waals surface area contributed by atoms with E-state index in [0.29, 0.717) is 56.9 Å². The zero-order valence-electron chi connectivity index (χ0n) is 65.8. The van der Waals surface area contributed by atoms with E-state index in [2.05, 4.69) is 190 Å². The number of rotatable bonds is 28. The first kappa shape index (κ1) is 79.1. The Morgan fingerprint density at radius 1 is 0.481 bits per heavy atom. The maximum absolute atomic E-state index is 6.57. The summed E-state index contributed by atoms with van der Waals surface area (Å²) >= 11 is 6.57. The predicted octanol–water partition coefficient (Wildman–Crippen LogP) is 20.5. The highest BCUT2D eigenvalue weighted by atomic mass is 35.5. The molecule has 16 nitrogen and oxygen atoms in total. The van der Waals surface area contributed by atoms with Gasteiger partial charge in [0.15, 0.2) is 11.3 Å². The number of hydrogen-bond donors (Lipinski definition) is 0. The molecule has 3 fully saturated rings. The van der Waals surface area contributed by atoms with Crippen molar-refractivity contribution in [2.45, 2.75) is 194 Å². The molecule has 558 valence electrons. The van der Waals surface area contributed by atoms with Crippen LogP contribution in [-0.4, -0.2) is 143 Å². The Balaban J connectivity index is 0.000000170. The fraction of sp³-hybridized carbons (Fsp3) is 0.537. The van der Waals surface area contributed by atoms with E-state index in [0.717, 1.165) is 141 Å². The molecule has 2 aromatic carbocycles. The SMILES string of the molecule is CC1CC2C=C(B3OC(C)(C)C(C)(C)O3)CC1C2.CC1CC2C=C(c3cc(N(COCC[Si](C)(C)C)COCC[Si](C)(C)C)n4ncc(-c5ccc(-c6ccccc6)nc5)c4n3)CC1C2.C[Si](C)(C)CCOCN(COCC[Si](C)(C)C)c1cc(Cl)nc2c(-c3ccc(-c4ccccc4)nc3)cnn12. The molecule has 2 saturated carbocycles. The summed E-state index contributed by atoms with van der Waals surface area (Å²) in [5.74, 6) is 6.36. The molecule has 7 heterocycles. The lowest BCUT2D eigenvalue weighted by molar-refractivity contribution is 0.00578. The Bertz CT molecular complexity index is 4130. The minimum absolute atomic E-state index is 0.106. The van der Waals surface area contributed by atoms with Crippen LogP contribution < -0.4 is 9.80 Å². The van der Waals surface area contributed by atoms with Crippen molar-refractivity contribution in [3.63, 3.8) is 0 Å². The van der Waals surface area contributed by atoms with E-state index in [1.165, 1.54) is 43.1 Å². The minimum Gasteiger partial charge on any atom is -0.400 e. The summed E-state index contributed by atoms with van der Waals surface area (Å²) in [5, 5.41) is 10.0. The topological polar surface area (TPSA) is 148 Å². The van der Waals surface area contributed by atoms with Crippen LogP contribution in [0.25, 0.3) is 61.6 Å². The van der Waals surface area contributed by atoms with Crippen molar-refractivity contribution in [3.8, 4) is 44.8 Å². The normalized spacial score (nSPS) is 20.6. The van der Waals surface area contributed by atoms with Gasteiger partial charge >= 0.3 is 7.12 Å². The number of halogens is 1. The number of nitrogens with zero attached hydrogens (tertiary/aromatic N) is 10. The molecule has 0 spiro atoms. The molecule has 6 aromatic heterocycles. The highest BCUT2D eigenvalue weighted by Crippen LogP contribution is 2.50. The van der Waals surface area contributed by atoms with E-state index in [-0.39, 0.29) is 18.3 Å². The summed E-state index contributed by atoms with van der Waals surface area (Å²) in [6.45, 7) is 46.4. The van der Waals surface area contributed by atoms with Crippen molar-refractivity contribution in [3.05, 3.63) is 150 Å². The molecule has 0 radical (unpaired) electrons. The van der Waals surface area contributed by atoms with E-state index in [1.807, 2.05) is 93.3 Å². The van der Waals surface area contributed by atoms with Gasteiger partial charge < -0.3 is 38.1 Å². The summed E-state index contributed by atoms with van der Waals surface area (Å²) in [7, 11) is -4.94.